The van der Waals surface area contributed by atoms with Gasteiger partial charge >= 0.3 is 0 Å². The van der Waals surface area contributed by atoms with Gasteiger partial charge in [-0.1, -0.05) is 12.1 Å². The van der Waals surface area contributed by atoms with Gasteiger partial charge in [0.05, 0.1) is 17.9 Å². The van der Waals surface area contributed by atoms with E-state index in [1.165, 1.54) is 19.3 Å². The summed E-state index contributed by atoms with van der Waals surface area (Å²) in [5.74, 6) is 0.829. The molecule has 4 nitrogen and oxygen atoms in total. The molecular weight excluding hydrogens is 164 g/mol. The van der Waals surface area contributed by atoms with Crippen LogP contribution in [0.3, 0.4) is 0 Å². The average molecular weight is 180 g/mol. The van der Waals surface area contributed by atoms with Gasteiger partial charge in [0.1, 0.15) is 0 Å². The van der Waals surface area contributed by atoms with E-state index in [-0.39, 0.29) is 0 Å². The Morgan fingerprint density at radius 1 is 1.62 bits per heavy atom. The molecule has 0 aliphatic heterocycles. The van der Waals surface area contributed by atoms with E-state index < -0.39 is 0 Å². The minimum absolute atomic E-state index is 0.488. The van der Waals surface area contributed by atoms with Crippen LogP contribution in [-0.4, -0.2) is 15.0 Å². The summed E-state index contributed by atoms with van der Waals surface area (Å²) >= 11 is 0. The number of rotatable bonds is 2. The van der Waals surface area contributed by atoms with Crippen molar-refractivity contribution in [1.82, 2.24) is 15.0 Å². The standard InChI is InChI=1S/C9H16N4/c1-7-2-3-9(4-7)13-6-8(5-10)11-12-13/h6-7,9H,2-5,10H2,1H3. The maximum absolute atomic E-state index is 5.47. The number of hydrogen-bond donors (Lipinski definition) is 1. The molecule has 4 heteroatoms. The molecule has 0 aromatic carbocycles. The zero-order chi connectivity index (χ0) is 9.26. The molecule has 0 radical (unpaired) electrons. The van der Waals surface area contributed by atoms with Crippen LogP contribution >= 0.6 is 0 Å². The van der Waals surface area contributed by atoms with E-state index in [2.05, 4.69) is 17.2 Å². The highest BCUT2D eigenvalue weighted by atomic mass is 15.4. The summed E-state index contributed by atoms with van der Waals surface area (Å²) in [7, 11) is 0. The molecule has 0 saturated heterocycles. The van der Waals surface area contributed by atoms with Crippen molar-refractivity contribution in [2.45, 2.75) is 38.8 Å². The maximum Gasteiger partial charge on any atom is 0.0962 e. The third-order valence-corrected chi connectivity index (χ3v) is 2.81. The predicted octanol–water partition coefficient (Wildman–Crippen LogP) is 1.10. The summed E-state index contributed by atoms with van der Waals surface area (Å²) in [4.78, 5) is 0. The first-order valence-electron chi connectivity index (χ1n) is 4.90. The summed E-state index contributed by atoms with van der Waals surface area (Å²) in [5.41, 5.74) is 6.36. The molecule has 1 heterocycles. The van der Waals surface area contributed by atoms with Crippen LogP contribution in [0.15, 0.2) is 6.20 Å². The second-order valence-electron chi connectivity index (χ2n) is 3.97. The van der Waals surface area contributed by atoms with Gasteiger partial charge in [-0.05, 0) is 25.2 Å². The van der Waals surface area contributed by atoms with Crippen LogP contribution in [0.2, 0.25) is 0 Å². The van der Waals surface area contributed by atoms with Crippen LogP contribution in [0, 0.1) is 5.92 Å². The van der Waals surface area contributed by atoms with Crippen LogP contribution in [0.1, 0.15) is 37.9 Å². The fourth-order valence-corrected chi connectivity index (χ4v) is 2.00. The molecular formula is C9H16N4. The third-order valence-electron chi connectivity index (χ3n) is 2.81. The molecule has 2 unspecified atom stereocenters. The van der Waals surface area contributed by atoms with Gasteiger partial charge in [-0.2, -0.15) is 0 Å². The average Bonchev–Trinajstić information content (AvgIpc) is 2.71. The summed E-state index contributed by atoms with van der Waals surface area (Å²) in [6, 6.07) is 0.558. The predicted molar refractivity (Wildman–Crippen MR) is 50.0 cm³/mol. The van der Waals surface area contributed by atoms with Crippen molar-refractivity contribution in [3.63, 3.8) is 0 Å². The van der Waals surface area contributed by atoms with Gasteiger partial charge < -0.3 is 5.73 Å². The van der Waals surface area contributed by atoms with Gasteiger partial charge in [-0.3, -0.25) is 0 Å². The maximum atomic E-state index is 5.47. The summed E-state index contributed by atoms with van der Waals surface area (Å²) in [5, 5.41) is 8.08. The molecule has 13 heavy (non-hydrogen) atoms. The molecule has 1 aromatic heterocycles. The van der Waals surface area contributed by atoms with Crippen molar-refractivity contribution >= 4 is 0 Å². The monoisotopic (exact) mass is 180 g/mol. The lowest BCUT2D eigenvalue weighted by Crippen LogP contribution is -2.05. The molecule has 0 spiro atoms. The first kappa shape index (κ1) is 8.69. The van der Waals surface area contributed by atoms with E-state index >= 15 is 0 Å². The number of nitrogens with two attached hydrogens (primary N) is 1. The zero-order valence-corrected chi connectivity index (χ0v) is 7.98. The lowest BCUT2D eigenvalue weighted by Gasteiger charge is -2.07. The largest absolute Gasteiger partial charge is 0.325 e. The second-order valence-corrected chi connectivity index (χ2v) is 3.97. The molecule has 0 amide bonds. The van der Waals surface area contributed by atoms with E-state index in [9.17, 15) is 0 Å². The highest BCUT2D eigenvalue weighted by Gasteiger charge is 2.23. The van der Waals surface area contributed by atoms with Gasteiger partial charge in [0.25, 0.3) is 0 Å². The number of hydrogen-bond acceptors (Lipinski definition) is 3. The second kappa shape index (κ2) is 3.46. The van der Waals surface area contributed by atoms with Crippen molar-refractivity contribution in [3.8, 4) is 0 Å². The Bertz CT molecular complexity index is 281. The normalized spacial score (nSPS) is 28.2. The van der Waals surface area contributed by atoms with E-state index in [1.54, 1.807) is 0 Å². The Kier molecular flexibility index (Phi) is 2.31. The van der Waals surface area contributed by atoms with Gasteiger partial charge in [0.2, 0.25) is 0 Å². The highest BCUT2D eigenvalue weighted by molar-refractivity contribution is 4.93. The first-order chi connectivity index (χ1) is 6.29. The van der Waals surface area contributed by atoms with E-state index in [0.717, 1.165) is 11.6 Å². The van der Waals surface area contributed by atoms with Crippen LogP contribution in [0.25, 0.3) is 0 Å². The minimum Gasteiger partial charge on any atom is -0.325 e. The Morgan fingerprint density at radius 2 is 2.46 bits per heavy atom. The van der Waals surface area contributed by atoms with Gasteiger partial charge in [-0.15, -0.1) is 5.10 Å². The Balaban J connectivity index is 2.08. The lowest BCUT2D eigenvalue weighted by molar-refractivity contribution is 0.439. The minimum atomic E-state index is 0.488. The Labute approximate surface area is 78.1 Å². The quantitative estimate of drug-likeness (QED) is 0.741. The molecule has 0 bridgehead atoms. The molecule has 2 rings (SSSR count). The molecule has 1 aromatic rings. The van der Waals surface area contributed by atoms with Crippen LogP contribution in [0.4, 0.5) is 0 Å². The fourth-order valence-electron chi connectivity index (χ4n) is 2.00. The van der Waals surface area contributed by atoms with Gasteiger partial charge in [0.15, 0.2) is 0 Å². The molecule has 1 fully saturated rings. The first-order valence-corrected chi connectivity index (χ1v) is 4.90. The van der Waals surface area contributed by atoms with Crippen molar-refractivity contribution in [2.24, 2.45) is 11.7 Å². The van der Waals surface area contributed by atoms with Crippen LogP contribution < -0.4 is 5.73 Å². The van der Waals surface area contributed by atoms with Crippen molar-refractivity contribution in [1.29, 1.82) is 0 Å². The Hall–Kier alpha value is -0.900. The van der Waals surface area contributed by atoms with E-state index in [4.69, 9.17) is 5.73 Å². The molecule has 1 aliphatic carbocycles. The highest BCUT2D eigenvalue weighted by Crippen LogP contribution is 2.33. The molecule has 2 N–H and O–H groups in total. The summed E-state index contributed by atoms with van der Waals surface area (Å²) in [6.45, 7) is 2.78. The smallest absolute Gasteiger partial charge is 0.0962 e. The Morgan fingerprint density at radius 3 is 3.00 bits per heavy atom. The van der Waals surface area contributed by atoms with Crippen molar-refractivity contribution in [2.75, 3.05) is 0 Å². The molecule has 72 valence electrons. The van der Waals surface area contributed by atoms with Gasteiger partial charge in [-0.25, -0.2) is 4.68 Å². The molecule has 1 aliphatic rings. The van der Waals surface area contributed by atoms with Crippen LogP contribution in [-0.2, 0) is 6.54 Å². The zero-order valence-electron chi connectivity index (χ0n) is 7.98. The van der Waals surface area contributed by atoms with Crippen molar-refractivity contribution < 1.29 is 0 Å². The molecule has 2 atom stereocenters. The summed E-state index contributed by atoms with van der Waals surface area (Å²) < 4.78 is 1.98. The van der Waals surface area contributed by atoms with E-state index in [0.29, 0.717) is 12.6 Å². The number of aromatic nitrogens is 3. The topological polar surface area (TPSA) is 56.7 Å². The van der Waals surface area contributed by atoms with Crippen molar-refractivity contribution in [3.05, 3.63) is 11.9 Å². The fraction of sp³-hybridized carbons (Fsp3) is 0.778. The van der Waals surface area contributed by atoms with Gasteiger partial charge in [0, 0.05) is 6.54 Å². The number of nitrogens with zero attached hydrogens (tertiary/aromatic N) is 3. The van der Waals surface area contributed by atoms with E-state index in [1.807, 2.05) is 10.9 Å². The molecule has 1 saturated carbocycles. The van der Waals surface area contributed by atoms with Crippen LogP contribution in [0.5, 0.6) is 0 Å². The third kappa shape index (κ3) is 1.72. The SMILES string of the molecule is CC1CCC(n2cc(CN)nn2)C1. The summed E-state index contributed by atoms with van der Waals surface area (Å²) in [6.07, 6.45) is 5.74. The lowest BCUT2D eigenvalue weighted by atomic mass is 10.1.